The van der Waals surface area contributed by atoms with E-state index in [0.717, 1.165) is 54.3 Å². The van der Waals surface area contributed by atoms with E-state index in [1.807, 2.05) is 10.9 Å². The van der Waals surface area contributed by atoms with Crippen LogP contribution in [-0.2, 0) is 6.61 Å². The molecule has 2 heterocycles. The molecule has 1 aliphatic carbocycles. The van der Waals surface area contributed by atoms with Gasteiger partial charge in [-0.25, -0.2) is 13.8 Å². The van der Waals surface area contributed by atoms with Gasteiger partial charge in [0.05, 0.1) is 18.7 Å². The van der Waals surface area contributed by atoms with Gasteiger partial charge in [0.2, 0.25) is 0 Å². The molecule has 4 aromatic rings. The number of pyridine rings is 1. The van der Waals surface area contributed by atoms with Crippen molar-refractivity contribution >= 4 is 28.4 Å². The standard InChI is InChI=1S/C28H27ClF2N4O3/c1-37-22-8-4-18(5-9-22)16-38-27-23(30)10-19(11-24(27)31)28(36)33-13-17-2-6-21(7-3-17)35-15-20-14-32-26(29)12-25(20)34-35/h4-5,8-12,14-15,17,21H,2-3,6-7,13,16H2,1H3,(H,33,36). The number of methoxy groups -OCH3 is 1. The third-order valence-corrected chi connectivity index (χ3v) is 7.12. The Morgan fingerprint density at radius 2 is 1.82 bits per heavy atom. The Morgan fingerprint density at radius 3 is 2.50 bits per heavy atom. The van der Waals surface area contributed by atoms with Crippen LogP contribution in [-0.4, -0.2) is 34.3 Å². The molecule has 1 fully saturated rings. The van der Waals surface area contributed by atoms with E-state index in [9.17, 15) is 13.6 Å². The van der Waals surface area contributed by atoms with Crippen LogP contribution in [0.3, 0.4) is 0 Å². The molecule has 7 nitrogen and oxygen atoms in total. The van der Waals surface area contributed by atoms with Crippen molar-refractivity contribution in [2.24, 2.45) is 5.92 Å². The van der Waals surface area contributed by atoms with Gasteiger partial charge < -0.3 is 14.8 Å². The van der Waals surface area contributed by atoms with Gasteiger partial charge in [-0.3, -0.25) is 9.48 Å². The number of hydrogen-bond acceptors (Lipinski definition) is 5. The van der Waals surface area contributed by atoms with Crippen LogP contribution in [0.1, 0.15) is 47.6 Å². The molecule has 0 aliphatic heterocycles. The number of hydrogen-bond donors (Lipinski definition) is 1. The number of benzene rings is 2. The molecule has 0 atom stereocenters. The van der Waals surface area contributed by atoms with Crippen LogP contribution in [0, 0.1) is 17.6 Å². The fourth-order valence-electron chi connectivity index (χ4n) is 4.76. The van der Waals surface area contributed by atoms with Crippen LogP contribution < -0.4 is 14.8 Å². The quantitative estimate of drug-likeness (QED) is 0.273. The molecule has 2 aromatic heterocycles. The average molecular weight is 541 g/mol. The summed E-state index contributed by atoms with van der Waals surface area (Å²) in [5, 5.41) is 8.82. The number of fused-ring (bicyclic) bond motifs is 1. The van der Waals surface area contributed by atoms with Crippen molar-refractivity contribution in [2.45, 2.75) is 38.3 Å². The summed E-state index contributed by atoms with van der Waals surface area (Å²) < 4.78 is 41.6. The Hall–Kier alpha value is -3.72. The Morgan fingerprint density at radius 1 is 1.11 bits per heavy atom. The van der Waals surface area contributed by atoms with E-state index in [0.29, 0.717) is 17.4 Å². The minimum absolute atomic E-state index is 0.0226. The van der Waals surface area contributed by atoms with E-state index in [2.05, 4.69) is 15.4 Å². The second-order valence-electron chi connectivity index (χ2n) is 9.47. The minimum atomic E-state index is -0.924. The SMILES string of the molecule is COc1ccc(COc2c(F)cc(C(=O)NCC3CCC(n4cc5cnc(Cl)cc5n4)CC3)cc2F)cc1. The number of carbonyl (C=O) groups is 1. The molecule has 38 heavy (non-hydrogen) atoms. The number of rotatable bonds is 8. The number of aromatic nitrogens is 3. The Kier molecular flexibility index (Phi) is 7.74. The average Bonchev–Trinajstić information content (AvgIpc) is 3.35. The van der Waals surface area contributed by atoms with Gasteiger partial charge in [0, 0.05) is 36.0 Å². The van der Waals surface area contributed by atoms with Crippen LogP contribution in [0.4, 0.5) is 8.78 Å². The first-order valence-corrected chi connectivity index (χ1v) is 12.8. The second kappa shape index (κ2) is 11.3. The number of nitrogens with one attached hydrogen (secondary N) is 1. The zero-order chi connectivity index (χ0) is 26.6. The van der Waals surface area contributed by atoms with Gasteiger partial charge in [0.1, 0.15) is 17.5 Å². The monoisotopic (exact) mass is 540 g/mol. The molecule has 0 saturated heterocycles. The summed E-state index contributed by atoms with van der Waals surface area (Å²) in [5.41, 5.74) is 1.46. The van der Waals surface area contributed by atoms with Gasteiger partial charge >= 0.3 is 0 Å². The first kappa shape index (κ1) is 25.9. The Bertz CT molecular complexity index is 1410. The predicted octanol–water partition coefficient (Wildman–Crippen LogP) is 6.11. The van der Waals surface area contributed by atoms with E-state index < -0.39 is 23.3 Å². The number of nitrogens with zero attached hydrogens (tertiary/aromatic N) is 3. The molecule has 0 bridgehead atoms. The molecule has 1 amide bonds. The fraction of sp³-hybridized carbons (Fsp3) is 0.321. The molecule has 0 unspecified atom stereocenters. The minimum Gasteiger partial charge on any atom is -0.497 e. The van der Waals surface area contributed by atoms with Crippen LogP contribution in [0.25, 0.3) is 10.9 Å². The molecule has 5 rings (SSSR count). The normalized spacial score (nSPS) is 17.4. The third kappa shape index (κ3) is 5.88. The Balaban J connectivity index is 1.12. The molecule has 1 N–H and O–H groups in total. The zero-order valence-corrected chi connectivity index (χ0v) is 21.5. The van der Waals surface area contributed by atoms with Crippen molar-refractivity contribution in [1.29, 1.82) is 0 Å². The maximum atomic E-state index is 14.6. The van der Waals surface area contributed by atoms with Gasteiger partial charge in [0.15, 0.2) is 17.4 Å². The lowest BCUT2D eigenvalue weighted by Gasteiger charge is -2.28. The summed E-state index contributed by atoms with van der Waals surface area (Å²) in [5.74, 6) is -1.93. The Labute approximate surface area is 223 Å². The van der Waals surface area contributed by atoms with Crippen LogP contribution in [0.2, 0.25) is 5.15 Å². The van der Waals surface area contributed by atoms with Crippen LogP contribution in [0.15, 0.2) is 54.9 Å². The van der Waals surface area contributed by atoms with Crippen LogP contribution >= 0.6 is 11.6 Å². The van der Waals surface area contributed by atoms with E-state index in [-0.39, 0.29) is 24.1 Å². The number of halogens is 3. The summed E-state index contributed by atoms with van der Waals surface area (Å²) >= 11 is 5.96. The molecule has 2 aromatic carbocycles. The van der Waals surface area contributed by atoms with E-state index in [1.54, 1.807) is 43.6 Å². The lowest BCUT2D eigenvalue weighted by atomic mass is 9.86. The van der Waals surface area contributed by atoms with Crippen molar-refractivity contribution < 1.29 is 23.0 Å². The first-order valence-electron chi connectivity index (χ1n) is 12.4. The van der Waals surface area contributed by atoms with Gasteiger partial charge in [-0.2, -0.15) is 5.10 Å². The maximum absolute atomic E-state index is 14.6. The van der Waals surface area contributed by atoms with Gasteiger partial charge in [0.25, 0.3) is 5.91 Å². The molecule has 0 spiro atoms. The fourth-order valence-corrected chi connectivity index (χ4v) is 4.91. The summed E-state index contributed by atoms with van der Waals surface area (Å²) in [7, 11) is 1.55. The summed E-state index contributed by atoms with van der Waals surface area (Å²) in [6, 6.07) is 11.0. The summed E-state index contributed by atoms with van der Waals surface area (Å²) in [4.78, 5) is 16.7. The number of ether oxygens (including phenoxy) is 2. The van der Waals surface area contributed by atoms with Crippen molar-refractivity contribution in [2.75, 3.05) is 13.7 Å². The lowest BCUT2D eigenvalue weighted by molar-refractivity contribution is 0.0940. The smallest absolute Gasteiger partial charge is 0.251 e. The van der Waals surface area contributed by atoms with Crippen LogP contribution in [0.5, 0.6) is 11.5 Å². The van der Waals surface area contributed by atoms with Gasteiger partial charge in [-0.1, -0.05) is 23.7 Å². The summed E-state index contributed by atoms with van der Waals surface area (Å²) in [6.45, 7) is 0.413. The largest absolute Gasteiger partial charge is 0.497 e. The zero-order valence-electron chi connectivity index (χ0n) is 20.8. The summed E-state index contributed by atoms with van der Waals surface area (Å²) in [6.07, 6.45) is 7.34. The number of carbonyl (C=O) groups excluding carboxylic acids is 1. The van der Waals surface area contributed by atoms with Gasteiger partial charge in [-0.15, -0.1) is 0 Å². The van der Waals surface area contributed by atoms with Crippen molar-refractivity contribution in [3.63, 3.8) is 0 Å². The highest BCUT2D eigenvalue weighted by Crippen LogP contribution is 2.33. The lowest BCUT2D eigenvalue weighted by Crippen LogP contribution is -2.32. The predicted molar refractivity (Wildman–Crippen MR) is 140 cm³/mol. The topological polar surface area (TPSA) is 78.3 Å². The molecule has 0 radical (unpaired) electrons. The molecule has 1 saturated carbocycles. The first-order chi connectivity index (χ1) is 18.4. The number of amides is 1. The van der Waals surface area contributed by atoms with E-state index in [1.165, 1.54) is 0 Å². The van der Waals surface area contributed by atoms with E-state index in [4.69, 9.17) is 21.1 Å². The molecule has 1 aliphatic rings. The maximum Gasteiger partial charge on any atom is 0.251 e. The highest BCUT2D eigenvalue weighted by molar-refractivity contribution is 6.29. The van der Waals surface area contributed by atoms with E-state index >= 15 is 0 Å². The van der Waals surface area contributed by atoms with Crippen molar-refractivity contribution in [1.82, 2.24) is 20.1 Å². The highest BCUT2D eigenvalue weighted by Gasteiger charge is 2.24. The van der Waals surface area contributed by atoms with Crippen molar-refractivity contribution in [3.05, 3.63) is 82.8 Å². The molecule has 10 heteroatoms. The molecular weight excluding hydrogens is 514 g/mol. The molecule has 198 valence electrons. The molecular formula is C28H27ClF2N4O3. The van der Waals surface area contributed by atoms with Gasteiger partial charge in [-0.05, 0) is 61.4 Å². The highest BCUT2D eigenvalue weighted by atomic mass is 35.5. The second-order valence-corrected chi connectivity index (χ2v) is 9.85. The third-order valence-electron chi connectivity index (χ3n) is 6.92. The van der Waals surface area contributed by atoms with Crippen molar-refractivity contribution in [3.8, 4) is 11.5 Å².